The molecular weight excluding hydrogens is 288 g/mol. The highest BCUT2D eigenvalue weighted by atomic mass is 16.2. The predicted octanol–water partition coefficient (Wildman–Crippen LogP) is -1.02. The molecule has 22 heavy (non-hydrogen) atoms. The number of carbonyl (C=O) groups is 2. The van der Waals surface area contributed by atoms with Gasteiger partial charge < -0.3 is 10.2 Å². The van der Waals surface area contributed by atoms with Gasteiger partial charge >= 0.3 is 0 Å². The van der Waals surface area contributed by atoms with E-state index < -0.39 is 0 Å². The third-order valence-corrected chi connectivity index (χ3v) is 3.63. The highest BCUT2D eigenvalue weighted by molar-refractivity contribution is 5.97. The Morgan fingerprint density at radius 1 is 1.50 bits per heavy atom. The van der Waals surface area contributed by atoms with E-state index in [1.807, 2.05) is 6.92 Å². The summed E-state index contributed by atoms with van der Waals surface area (Å²) >= 11 is 0. The van der Waals surface area contributed by atoms with Gasteiger partial charge in [0.1, 0.15) is 11.9 Å². The average molecular weight is 304 g/mol. The zero-order valence-electron chi connectivity index (χ0n) is 12.1. The van der Waals surface area contributed by atoms with Gasteiger partial charge in [-0.2, -0.15) is 9.78 Å². The van der Waals surface area contributed by atoms with Crippen LogP contribution in [0, 0.1) is 5.92 Å². The third kappa shape index (κ3) is 2.54. The van der Waals surface area contributed by atoms with E-state index in [0.29, 0.717) is 37.4 Å². The van der Waals surface area contributed by atoms with E-state index in [2.05, 4.69) is 31.0 Å². The first kappa shape index (κ1) is 14.2. The summed E-state index contributed by atoms with van der Waals surface area (Å²) in [5.74, 6) is 0.0560. The summed E-state index contributed by atoms with van der Waals surface area (Å²) < 4.78 is 1.34. The number of hydrogen-bond acceptors (Lipinski definition) is 6. The van der Waals surface area contributed by atoms with E-state index >= 15 is 0 Å². The number of amides is 2. The van der Waals surface area contributed by atoms with Crippen molar-refractivity contribution in [2.75, 3.05) is 19.6 Å². The zero-order chi connectivity index (χ0) is 15.5. The Hall–Kier alpha value is -2.78. The van der Waals surface area contributed by atoms with Crippen molar-refractivity contribution < 1.29 is 9.59 Å². The number of H-pyrrole nitrogens is 1. The van der Waals surface area contributed by atoms with Crippen molar-refractivity contribution in [2.45, 2.75) is 13.3 Å². The number of aromatic amines is 1. The van der Waals surface area contributed by atoms with Crippen molar-refractivity contribution in [3.63, 3.8) is 0 Å². The summed E-state index contributed by atoms with van der Waals surface area (Å²) in [5, 5.41) is 20.2. The first-order valence-electron chi connectivity index (χ1n) is 7.04. The topological polar surface area (TPSA) is 122 Å². The molecule has 1 saturated heterocycles. The molecule has 0 radical (unpaired) electrons. The fraction of sp³-hybridized carbons (Fsp3) is 0.500. The lowest BCUT2D eigenvalue weighted by Gasteiger charge is -2.16. The Kier molecular flexibility index (Phi) is 3.81. The van der Waals surface area contributed by atoms with E-state index in [1.165, 1.54) is 17.2 Å². The largest absolute Gasteiger partial charge is 0.356 e. The Balaban J connectivity index is 1.74. The van der Waals surface area contributed by atoms with Gasteiger partial charge in [-0.15, -0.1) is 5.10 Å². The van der Waals surface area contributed by atoms with Gasteiger partial charge in [0.25, 0.3) is 5.91 Å². The van der Waals surface area contributed by atoms with Crippen LogP contribution in [0.25, 0.3) is 5.82 Å². The molecule has 1 atom stereocenters. The molecule has 0 bridgehead atoms. The minimum Gasteiger partial charge on any atom is -0.356 e. The maximum absolute atomic E-state index is 12.6. The van der Waals surface area contributed by atoms with Gasteiger partial charge in [-0.25, -0.2) is 0 Å². The minimum absolute atomic E-state index is 0.00862. The van der Waals surface area contributed by atoms with Gasteiger partial charge in [-0.1, -0.05) is 0 Å². The Bertz CT molecular complexity index is 664. The van der Waals surface area contributed by atoms with Crippen molar-refractivity contribution in [1.82, 2.24) is 40.6 Å². The van der Waals surface area contributed by atoms with Crippen LogP contribution < -0.4 is 5.32 Å². The van der Waals surface area contributed by atoms with Crippen molar-refractivity contribution in [1.29, 1.82) is 0 Å². The van der Waals surface area contributed by atoms with Crippen molar-refractivity contribution in [3.8, 4) is 5.82 Å². The molecule has 10 heteroatoms. The zero-order valence-corrected chi connectivity index (χ0v) is 12.1. The van der Waals surface area contributed by atoms with Gasteiger partial charge in [0.2, 0.25) is 5.91 Å². The lowest BCUT2D eigenvalue weighted by Crippen LogP contribution is -2.34. The Labute approximate surface area is 125 Å². The fourth-order valence-electron chi connectivity index (χ4n) is 2.52. The molecule has 2 amide bonds. The second-order valence-corrected chi connectivity index (χ2v) is 5.02. The van der Waals surface area contributed by atoms with Crippen molar-refractivity contribution in [3.05, 3.63) is 18.1 Å². The maximum atomic E-state index is 12.6. The summed E-state index contributed by atoms with van der Waals surface area (Å²) in [7, 11) is 0. The second-order valence-electron chi connectivity index (χ2n) is 5.02. The summed E-state index contributed by atoms with van der Waals surface area (Å²) in [6, 6.07) is 0. The van der Waals surface area contributed by atoms with Crippen LogP contribution in [-0.4, -0.2) is 66.8 Å². The highest BCUT2D eigenvalue weighted by Crippen LogP contribution is 2.20. The van der Waals surface area contributed by atoms with E-state index in [0.717, 1.165) is 0 Å². The Morgan fingerprint density at radius 3 is 3.09 bits per heavy atom. The van der Waals surface area contributed by atoms with E-state index in [1.54, 1.807) is 4.90 Å². The van der Waals surface area contributed by atoms with E-state index in [9.17, 15) is 9.59 Å². The molecule has 2 aromatic rings. The van der Waals surface area contributed by atoms with Crippen LogP contribution >= 0.6 is 0 Å². The molecule has 2 aromatic heterocycles. The molecule has 0 spiro atoms. The van der Waals surface area contributed by atoms with Crippen LogP contribution in [0.15, 0.2) is 12.5 Å². The lowest BCUT2D eigenvalue weighted by atomic mass is 10.1. The van der Waals surface area contributed by atoms with E-state index in [4.69, 9.17) is 0 Å². The number of likely N-dealkylation sites (tertiary alicyclic amines) is 1. The van der Waals surface area contributed by atoms with Gasteiger partial charge in [0, 0.05) is 19.6 Å². The summed E-state index contributed by atoms with van der Waals surface area (Å²) in [5.41, 5.74) is 0.379. The van der Waals surface area contributed by atoms with Crippen molar-refractivity contribution >= 4 is 11.8 Å². The molecule has 0 unspecified atom stereocenters. The fourth-order valence-corrected chi connectivity index (χ4v) is 2.52. The normalized spacial score (nSPS) is 17.7. The van der Waals surface area contributed by atoms with Gasteiger partial charge in [-0.3, -0.25) is 14.7 Å². The summed E-state index contributed by atoms with van der Waals surface area (Å²) in [4.78, 5) is 26.1. The summed E-state index contributed by atoms with van der Waals surface area (Å²) in [6.07, 6.45) is 3.49. The standard InChI is InChI=1S/C12H16N8O2/c1-2-13-11(21)8-3-4-19(6-8)12(22)9-5-14-16-10(9)20-7-15-17-18-20/h5,7-8H,2-4,6H2,1H3,(H,13,21)(H,14,16)/t8-/m1/s1. The molecule has 10 nitrogen and oxygen atoms in total. The second kappa shape index (κ2) is 5.92. The number of aromatic nitrogens is 6. The molecule has 1 aliphatic rings. The maximum Gasteiger partial charge on any atom is 0.259 e. The summed E-state index contributed by atoms with van der Waals surface area (Å²) in [6.45, 7) is 3.42. The number of rotatable bonds is 4. The van der Waals surface area contributed by atoms with Gasteiger partial charge in [0.15, 0.2) is 5.82 Å². The number of carbonyl (C=O) groups excluding carboxylic acids is 2. The lowest BCUT2D eigenvalue weighted by molar-refractivity contribution is -0.124. The van der Waals surface area contributed by atoms with Crippen molar-refractivity contribution in [2.24, 2.45) is 5.92 Å². The van der Waals surface area contributed by atoms with Crippen LogP contribution in [0.4, 0.5) is 0 Å². The first-order chi connectivity index (χ1) is 10.7. The molecule has 0 aliphatic carbocycles. The predicted molar refractivity (Wildman–Crippen MR) is 74.0 cm³/mol. The average Bonchev–Trinajstić information content (AvgIpc) is 3.25. The molecule has 0 aromatic carbocycles. The quantitative estimate of drug-likeness (QED) is 0.746. The van der Waals surface area contributed by atoms with Gasteiger partial charge in [-0.05, 0) is 23.8 Å². The van der Waals surface area contributed by atoms with Crippen LogP contribution in [-0.2, 0) is 4.79 Å². The molecule has 116 valence electrons. The monoisotopic (exact) mass is 304 g/mol. The minimum atomic E-state index is -0.189. The number of nitrogens with zero attached hydrogens (tertiary/aromatic N) is 6. The van der Waals surface area contributed by atoms with Crippen LogP contribution in [0.2, 0.25) is 0 Å². The molecule has 0 saturated carbocycles. The molecule has 1 aliphatic heterocycles. The van der Waals surface area contributed by atoms with Crippen LogP contribution in [0.1, 0.15) is 23.7 Å². The smallest absolute Gasteiger partial charge is 0.259 e. The first-order valence-corrected chi connectivity index (χ1v) is 7.04. The molecular formula is C12H16N8O2. The molecule has 3 rings (SSSR count). The van der Waals surface area contributed by atoms with E-state index in [-0.39, 0.29) is 17.7 Å². The molecule has 3 heterocycles. The number of nitrogens with one attached hydrogen (secondary N) is 2. The third-order valence-electron chi connectivity index (χ3n) is 3.63. The Morgan fingerprint density at radius 2 is 2.36 bits per heavy atom. The van der Waals surface area contributed by atoms with Crippen LogP contribution in [0.5, 0.6) is 0 Å². The molecule has 2 N–H and O–H groups in total. The van der Waals surface area contributed by atoms with Crippen LogP contribution in [0.3, 0.4) is 0 Å². The number of hydrogen-bond donors (Lipinski definition) is 2. The number of tetrazole rings is 1. The highest BCUT2D eigenvalue weighted by Gasteiger charge is 2.32. The SMILES string of the molecule is CCNC(=O)[C@@H]1CCN(C(=O)c2cn[nH]c2-n2cnnn2)C1. The van der Waals surface area contributed by atoms with Gasteiger partial charge in [0.05, 0.1) is 12.1 Å². The molecule has 1 fully saturated rings.